The predicted molar refractivity (Wildman–Crippen MR) is 118 cm³/mol. The average molecular weight is 407 g/mol. The second-order valence-corrected chi connectivity index (χ2v) is 7.34. The Morgan fingerprint density at radius 3 is 2.31 bits per heavy atom. The maximum atomic E-state index is 13.1. The van der Waals surface area contributed by atoms with Gasteiger partial charge in [-0.1, -0.05) is 60.7 Å². The number of nitrogens with one attached hydrogen (secondary N) is 1. The lowest BCUT2D eigenvalue weighted by Crippen LogP contribution is -2.32. The number of hydrogen-bond acceptors (Lipinski definition) is 3. The van der Waals surface area contributed by atoms with E-state index in [0.29, 0.717) is 0 Å². The minimum atomic E-state index is -0.375. The van der Waals surface area contributed by atoms with E-state index in [0.717, 1.165) is 47.5 Å². The van der Waals surface area contributed by atoms with Crippen LogP contribution in [-0.4, -0.2) is 19.7 Å². The molecule has 1 aliphatic carbocycles. The molecule has 4 nitrogen and oxygen atoms in total. The summed E-state index contributed by atoms with van der Waals surface area (Å²) >= 11 is 0. The Bertz CT molecular complexity index is 1020. The lowest BCUT2D eigenvalue weighted by atomic mass is 9.99. The highest BCUT2D eigenvalue weighted by Crippen LogP contribution is 2.45. The van der Waals surface area contributed by atoms with Gasteiger partial charge < -0.3 is 10.1 Å². The summed E-state index contributed by atoms with van der Waals surface area (Å²) in [5.41, 5.74) is 7.76. The number of nitrogens with zero attached hydrogens (tertiary/aromatic N) is 1. The SMILES string of the molecule is CN(C(=O)OC1c2ccccc2-c2ccccc21)c1cccc2c1CNCC2.Cl. The standard InChI is InChI=1S/C24H22N2O2.ClH/c1-26(22-12-6-7-16-13-14-25-15-21(16)22)24(27)28-23-19-10-4-2-8-17(19)18-9-3-5-11-20(18)23;/h2-12,23,25H,13-15H2,1H3;1H. The Kier molecular flexibility index (Phi) is 5.31. The van der Waals surface area contributed by atoms with Gasteiger partial charge in [-0.3, -0.25) is 4.90 Å². The number of rotatable bonds is 2. The first-order valence-electron chi connectivity index (χ1n) is 9.68. The van der Waals surface area contributed by atoms with E-state index in [4.69, 9.17) is 4.74 Å². The van der Waals surface area contributed by atoms with Gasteiger partial charge in [0.2, 0.25) is 0 Å². The van der Waals surface area contributed by atoms with Crippen molar-refractivity contribution in [3.8, 4) is 11.1 Å². The molecular weight excluding hydrogens is 384 g/mol. The lowest BCUT2D eigenvalue weighted by molar-refractivity contribution is 0.127. The van der Waals surface area contributed by atoms with Crippen molar-refractivity contribution in [1.29, 1.82) is 0 Å². The molecule has 1 amide bonds. The highest BCUT2D eigenvalue weighted by Gasteiger charge is 2.32. The molecule has 0 spiro atoms. The molecule has 0 aromatic heterocycles. The summed E-state index contributed by atoms with van der Waals surface area (Å²) in [4.78, 5) is 14.7. The molecular formula is C24H23ClN2O2. The molecule has 0 fully saturated rings. The summed E-state index contributed by atoms with van der Waals surface area (Å²) in [6.45, 7) is 1.75. The van der Waals surface area contributed by atoms with Crippen LogP contribution in [0.4, 0.5) is 10.5 Å². The van der Waals surface area contributed by atoms with Gasteiger partial charge in [0.15, 0.2) is 6.10 Å². The minimum absolute atomic E-state index is 0. The molecule has 5 heteroatoms. The molecule has 0 atom stereocenters. The second-order valence-electron chi connectivity index (χ2n) is 7.34. The molecule has 1 aliphatic heterocycles. The third kappa shape index (κ3) is 3.28. The van der Waals surface area contributed by atoms with Crippen LogP contribution in [0, 0.1) is 0 Å². The number of benzene rings is 3. The summed E-state index contributed by atoms with van der Waals surface area (Å²) in [6.07, 6.45) is 0.269. The predicted octanol–water partition coefficient (Wildman–Crippen LogP) is 5.10. The van der Waals surface area contributed by atoms with Crippen LogP contribution >= 0.6 is 12.4 Å². The highest BCUT2D eigenvalue weighted by atomic mass is 35.5. The molecule has 148 valence electrons. The Morgan fingerprint density at radius 2 is 1.62 bits per heavy atom. The Labute approximate surface area is 176 Å². The third-order valence-corrected chi connectivity index (χ3v) is 5.75. The zero-order chi connectivity index (χ0) is 19.1. The Balaban J connectivity index is 0.00000205. The third-order valence-electron chi connectivity index (χ3n) is 5.75. The van der Waals surface area contributed by atoms with Gasteiger partial charge in [-0.15, -0.1) is 12.4 Å². The van der Waals surface area contributed by atoms with Crippen molar-refractivity contribution in [2.24, 2.45) is 0 Å². The fourth-order valence-electron chi connectivity index (χ4n) is 4.32. The zero-order valence-corrected chi connectivity index (χ0v) is 17.0. The fourth-order valence-corrected chi connectivity index (χ4v) is 4.32. The van der Waals surface area contributed by atoms with Crippen LogP contribution in [0.2, 0.25) is 0 Å². The van der Waals surface area contributed by atoms with Gasteiger partial charge in [0.05, 0.1) is 5.69 Å². The first kappa shape index (κ1) is 19.5. The smallest absolute Gasteiger partial charge is 0.414 e. The van der Waals surface area contributed by atoms with E-state index in [-0.39, 0.29) is 24.6 Å². The van der Waals surface area contributed by atoms with Gasteiger partial charge in [0.25, 0.3) is 0 Å². The monoisotopic (exact) mass is 406 g/mol. The maximum absolute atomic E-state index is 13.1. The van der Waals surface area contributed by atoms with Crippen LogP contribution < -0.4 is 10.2 Å². The van der Waals surface area contributed by atoms with Crippen molar-refractivity contribution in [2.75, 3.05) is 18.5 Å². The van der Waals surface area contributed by atoms with Crippen LogP contribution in [0.25, 0.3) is 11.1 Å². The van der Waals surface area contributed by atoms with E-state index < -0.39 is 0 Å². The van der Waals surface area contributed by atoms with Gasteiger partial charge in [0.1, 0.15) is 0 Å². The van der Waals surface area contributed by atoms with Crippen molar-refractivity contribution in [3.63, 3.8) is 0 Å². The number of anilines is 1. The van der Waals surface area contributed by atoms with Crippen LogP contribution in [0.3, 0.4) is 0 Å². The lowest BCUT2D eigenvalue weighted by Gasteiger charge is -2.26. The van der Waals surface area contributed by atoms with Crippen molar-refractivity contribution in [2.45, 2.75) is 19.1 Å². The minimum Gasteiger partial charge on any atom is -0.436 e. The second kappa shape index (κ2) is 7.90. The number of hydrogen-bond donors (Lipinski definition) is 1. The van der Waals surface area contributed by atoms with Crippen LogP contribution in [0.5, 0.6) is 0 Å². The van der Waals surface area contributed by atoms with E-state index in [1.54, 1.807) is 11.9 Å². The van der Waals surface area contributed by atoms with E-state index in [1.165, 1.54) is 11.1 Å². The molecule has 2 aliphatic rings. The molecule has 0 unspecified atom stereocenters. The topological polar surface area (TPSA) is 41.6 Å². The Morgan fingerprint density at radius 1 is 0.966 bits per heavy atom. The number of halogens is 1. The van der Waals surface area contributed by atoms with Crippen LogP contribution in [-0.2, 0) is 17.7 Å². The number of fused-ring (bicyclic) bond motifs is 4. The molecule has 3 aromatic carbocycles. The largest absolute Gasteiger partial charge is 0.436 e. The van der Waals surface area contributed by atoms with E-state index in [9.17, 15) is 4.79 Å². The normalized spacial score (nSPS) is 14.2. The molecule has 0 bridgehead atoms. The van der Waals surface area contributed by atoms with E-state index >= 15 is 0 Å². The van der Waals surface area contributed by atoms with Gasteiger partial charge in [-0.05, 0) is 41.3 Å². The molecule has 1 heterocycles. The van der Waals surface area contributed by atoms with Crippen LogP contribution in [0.15, 0.2) is 66.7 Å². The summed E-state index contributed by atoms with van der Waals surface area (Å²) in [6, 6.07) is 22.4. The highest BCUT2D eigenvalue weighted by molar-refractivity contribution is 5.89. The van der Waals surface area contributed by atoms with Gasteiger partial charge >= 0.3 is 6.09 Å². The maximum Gasteiger partial charge on any atom is 0.414 e. The van der Waals surface area contributed by atoms with Crippen LogP contribution in [0.1, 0.15) is 28.4 Å². The van der Waals surface area contributed by atoms with Crippen molar-refractivity contribution in [3.05, 3.63) is 89.0 Å². The number of ether oxygens (including phenoxy) is 1. The molecule has 3 aromatic rings. The number of amides is 1. The first-order valence-corrected chi connectivity index (χ1v) is 9.68. The molecule has 0 saturated carbocycles. The van der Waals surface area contributed by atoms with Gasteiger partial charge in [-0.2, -0.15) is 0 Å². The molecule has 29 heavy (non-hydrogen) atoms. The molecule has 1 N–H and O–H groups in total. The molecule has 0 radical (unpaired) electrons. The summed E-state index contributed by atoms with van der Waals surface area (Å²) in [5.74, 6) is 0. The van der Waals surface area contributed by atoms with Crippen molar-refractivity contribution in [1.82, 2.24) is 5.32 Å². The molecule has 0 saturated heterocycles. The van der Waals surface area contributed by atoms with Crippen molar-refractivity contribution >= 4 is 24.2 Å². The molecule has 5 rings (SSSR count). The zero-order valence-electron chi connectivity index (χ0n) is 16.2. The first-order chi connectivity index (χ1) is 13.7. The fraction of sp³-hybridized carbons (Fsp3) is 0.208. The summed E-state index contributed by atoms with van der Waals surface area (Å²) in [5, 5.41) is 3.40. The summed E-state index contributed by atoms with van der Waals surface area (Å²) < 4.78 is 6.04. The summed E-state index contributed by atoms with van der Waals surface area (Å²) in [7, 11) is 1.79. The van der Waals surface area contributed by atoms with Gasteiger partial charge in [-0.25, -0.2) is 4.79 Å². The van der Waals surface area contributed by atoms with Gasteiger partial charge in [0, 0.05) is 24.7 Å². The number of carbonyl (C=O) groups excluding carboxylic acids is 1. The van der Waals surface area contributed by atoms with E-state index in [2.05, 4.69) is 23.5 Å². The Hall–Kier alpha value is -2.82. The number of carbonyl (C=O) groups is 1. The quantitative estimate of drug-likeness (QED) is 0.644. The average Bonchev–Trinajstić information content (AvgIpc) is 3.07. The van der Waals surface area contributed by atoms with E-state index in [1.807, 2.05) is 48.5 Å². The van der Waals surface area contributed by atoms with Crippen molar-refractivity contribution < 1.29 is 9.53 Å².